The summed E-state index contributed by atoms with van der Waals surface area (Å²) < 4.78 is 2.45. The molecule has 1 aliphatic heterocycles. The molecule has 0 amide bonds. The zero-order chi connectivity index (χ0) is 36.5. The number of hydrogen-bond acceptors (Lipinski definition) is 1. The second-order valence-corrected chi connectivity index (χ2v) is 15.7. The Morgan fingerprint density at radius 3 is 2.05 bits per heavy atom. The maximum Gasteiger partial charge on any atom is 0.0582 e. The summed E-state index contributed by atoms with van der Waals surface area (Å²) in [4.78, 5) is 0. The first-order chi connectivity index (χ1) is 27.2. The number of fused-ring (bicyclic) bond motifs is 9. The Balaban J connectivity index is 1.06. The van der Waals surface area contributed by atoms with E-state index in [1.165, 1.54) is 88.5 Å². The smallest absolute Gasteiger partial charge is 0.0582 e. The van der Waals surface area contributed by atoms with Gasteiger partial charge in [-0.25, -0.2) is 0 Å². The van der Waals surface area contributed by atoms with Gasteiger partial charge in [0.2, 0.25) is 0 Å². The highest BCUT2D eigenvalue weighted by atomic mass is 15.0. The van der Waals surface area contributed by atoms with Gasteiger partial charge in [0.05, 0.1) is 17.1 Å². The van der Waals surface area contributed by atoms with Gasteiger partial charge in [-0.05, 0) is 110 Å². The number of aromatic nitrogens is 1. The largest absolute Gasteiger partial charge is 0.377 e. The summed E-state index contributed by atoms with van der Waals surface area (Å²) in [6.45, 7) is 2.39. The first kappa shape index (κ1) is 32.1. The van der Waals surface area contributed by atoms with Gasteiger partial charge in [0.1, 0.15) is 0 Å². The maximum absolute atomic E-state index is 4.05. The Morgan fingerprint density at radius 1 is 0.527 bits per heavy atom. The average molecular weight is 707 g/mol. The molecule has 2 heteroatoms. The molecule has 55 heavy (non-hydrogen) atoms. The van der Waals surface area contributed by atoms with Crippen molar-refractivity contribution in [3.8, 4) is 16.8 Å². The second kappa shape index (κ2) is 12.9. The first-order valence-electron chi connectivity index (χ1n) is 19.8. The molecular weight excluding hydrogens is 665 g/mol. The van der Waals surface area contributed by atoms with Crippen molar-refractivity contribution in [1.29, 1.82) is 0 Å². The molecule has 0 fully saturated rings. The van der Waals surface area contributed by atoms with E-state index < -0.39 is 0 Å². The molecule has 0 radical (unpaired) electrons. The van der Waals surface area contributed by atoms with Crippen LogP contribution in [0.15, 0.2) is 182 Å². The molecule has 11 rings (SSSR count). The summed E-state index contributed by atoms with van der Waals surface area (Å²) in [6.07, 6.45) is 2.04. The van der Waals surface area contributed by atoms with Gasteiger partial charge in [-0.15, -0.1) is 0 Å². The quantitative estimate of drug-likeness (QED) is 0.193. The molecule has 2 heterocycles. The molecule has 2 aliphatic rings. The van der Waals surface area contributed by atoms with E-state index in [1.807, 2.05) is 0 Å². The number of nitrogens with zero attached hydrogens (tertiary/aromatic N) is 1. The summed E-state index contributed by atoms with van der Waals surface area (Å²) in [5.41, 5.74) is 16.0. The third-order valence-electron chi connectivity index (χ3n) is 12.7. The lowest BCUT2D eigenvalue weighted by atomic mass is 9.73. The molecule has 8 aromatic carbocycles. The van der Waals surface area contributed by atoms with E-state index >= 15 is 0 Å². The normalized spacial score (nSPS) is 19.0. The first-order valence-corrected chi connectivity index (χ1v) is 19.8. The van der Waals surface area contributed by atoms with Gasteiger partial charge in [-0.3, -0.25) is 0 Å². The Kier molecular flexibility index (Phi) is 7.52. The fourth-order valence-electron chi connectivity index (χ4n) is 10.1. The van der Waals surface area contributed by atoms with Gasteiger partial charge in [-0.2, -0.15) is 0 Å². The molecule has 0 spiro atoms. The van der Waals surface area contributed by atoms with E-state index in [2.05, 4.69) is 199 Å². The standard InChI is InChI=1S/C53H42N2/c1-34-30-47(35-14-4-2-5-15-35)53(54-49-22-12-10-19-41(34)49)38-26-24-37(25-27-38)46-31-39-32-51-48(33-45(39)44-29-28-36-16-8-9-20-42(36)52(44)46)43-21-11-13-23-50(43)55(51)40-17-6-3-7-18-40/h2-29,32-34,46-47,53-54H,30-31H2,1H3. The van der Waals surface area contributed by atoms with Crippen LogP contribution in [0.25, 0.3) is 49.4 Å². The summed E-state index contributed by atoms with van der Waals surface area (Å²) in [6, 6.07) is 68.3. The predicted octanol–water partition coefficient (Wildman–Crippen LogP) is 13.7. The second-order valence-electron chi connectivity index (χ2n) is 15.7. The van der Waals surface area contributed by atoms with Gasteiger partial charge in [0.15, 0.2) is 0 Å². The minimum atomic E-state index is 0.163. The predicted molar refractivity (Wildman–Crippen MR) is 231 cm³/mol. The van der Waals surface area contributed by atoms with E-state index in [0.29, 0.717) is 11.8 Å². The molecule has 1 aromatic heterocycles. The number of hydrogen-bond donors (Lipinski definition) is 1. The van der Waals surface area contributed by atoms with Crippen molar-refractivity contribution < 1.29 is 0 Å². The molecule has 1 aliphatic carbocycles. The third-order valence-corrected chi connectivity index (χ3v) is 12.7. The zero-order valence-electron chi connectivity index (χ0n) is 31.0. The lowest BCUT2D eigenvalue weighted by Gasteiger charge is -2.31. The van der Waals surface area contributed by atoms with Gasteiger partial charge in [0.25, 0.3) is 0 Å². The van der Waals surface area contributed by atoms with Gasteiger partial charge in [-0.1, -0.05) is 153 Å². The Hall–Kier alpha value is -6.38. The van der Waals surface area contributed by atoms with Crippen molar-refractivity contribution in [3.63, 3.8) is 0 Å². The summed E-state index contributed by atoms with van der Waals surface area (Å²) >= 11 is 0. The van der Waals surface area contributed by atoms with E-state index in [1.54, 1.807) is 0 Å². The molecule has 0 saturated heterocycles. The van der Waals surface area contributed by atoms with Crippen molar-refractivity contribution in [2.24, 2.45) is 0 Å². The summed E-state index contributed by atoms with van der Waals surface area (Å²) in [5.74, 6) is 1.03. The fraction of sp³-hybridized carbons (Fsp3) is 0.132. The van der Waals surface area contributed by atoms with E-state index in [-0.39, 0.29) is 12.0 Å². The van der Waals surface area contributed by atoms with Crippen LogP contribution in [0.3, 0.4) is 0 Å². The van der Waals surface area contributed by atoms with Crippen LogP contribution in [0, 0.1) is 0 Å². The zero-order valence-corrected chi connectivity index (χ0v) is 31.0. The van der Waals surface area contributed by atoms with Crippen molar-refractivity contribution in [1.82, 2.24) is 4.57 Å². The molecule has 4 atom stereocenters. The number of rotatable bonds is 4. The lowest BCUT2D eigenvalue weighted by molar-refractivity contribution is 0.515. The van der Waals surface area contributed by atoms with Crippen LogP contribution in [0.1, 0.15) is 70.5 Å². The van der Waals surface area contributed by atoms with Crippen molar-refractivity contribution >= 4 is 38.3 Å². The number of benzene rings is 8. The van der Waals surface area contributed by atoms with Crippen LogP contribution in [-0.4, -0.2) is 4.57 Å². The lowest BCUT2D eigenvalue weighted by Crippen LogP contribution is -2.19. The molecule has 2 nitrogen and oxygen atoms in total. The van der Waals surface area contributed by atoms with Crippen LogP contribution in [-0.2, 0) is 6.42 Å². The van der Waals surface area contributed by atoms with Crippen LogP contribution in [0.4, 0.5) is 5.69 Å². The topological polar surface area (TPSA) is 17.0 Å². The molecular formula is C53H42N2. The molecule has 0 bridgehead atoms. The minimum Gasteiger partial charge on any atom is -0.377 e. The van der Waals surface area contributed by atoms with Crippen LogP contribution < -0.4 is 5.32 Å². The number of para-hydroxylation sites is 3. The molecule has 264 valence electrons. The van der Waals surface area contributed by atoms with Crippen molar-refractivity contribution in [3.05, 3.63) is 215 Å². The fourth-order valence-corrected chi connectivity index (χ4v) is 10.1. The van der Waals surface area contributed by atoms with Gasteiger partial charge < -0.3 is 9.88 Å². The Morgan fingerprint density at radius 2 is 1.22 bits per heavy atom. The highest BCUT2D eigenvalue weighted by molar-refractivity contribution is 6.11. The molecule has 1 N–H and O–H groups in total. The van der Waals surface area contributed by atoms with Gasteiger partial charge in [0, 0.05) is 34.0 Å². The van der Waals surface area contributed by atoms with Crippen LogP contribution >= 0.6 is 0 Å². The number of nitrogens with one attached hydrogen (secondary N) is 1. The van der Waals surface area contributed by atoms with Crippen LogP contribution in [0.2, 0.25) is 0 Å². The van der Waals surface area contributed by atoms with Crippen molar-refractivity contribution in [2.45, 2.75) is 43.6 Å². The summed E-state index contributed by atoms with van der Waals surface area (Å²) in [7, 11) is 0. The molecule has 9 aromatic rings. The summed E-state index contributed by atoms with van der Waals surface area (Å²) in [5, 5.41) is 9.30. The third kappa shape index (κ3) is 5.23. The monoisotopic (exact) mass is 706 g/mol. The van der Waals surface area contributed by atoms with E-state index in [4.69, 9.17) is 0 Å². The van der Waals surface area contributed by atoms with E-state index in [0.717, 1.165) is 12.8 Å². The Bertz CT molecular complexity index is 2870. The highest BCUT2D eigenvalue weighted by Crippen LogP contribution is 2.50. The highest BCUT2D eigenvalue weighted by Gasteiger charge is 2.33. The molecule has 0 saturated carbocycles. The number of anilines is 1. The van der Waals surface area contributed by atoms with Crippen molar-refractivity contribution in [2.75, 3.05) is 5.32 Å². The average Bonchev–Trinajstić information content (AvgIpc) is 3.48. The van der Waals surface area contributed by atoms with Crippen LogP contribution in [0.5, 0.6) is 0 Å². The Labute approximate surface area is 322 Å². The molecule has 4 unspecified atom stereocenters. The SMILES string of the molecule is CC1CC(c2ccccc2)C(c2ccc(C3Cc4cc5c(cc4-c4ccc6ccccc6c43)c3ccccc3n5-c3ccccc3)cc2)Nc2ccccc21. The van der Waals surface area contributed by atoms with E-state index in [9.17, 15) is 0 Å². The maximum atomic E-state index is 4.05. The minimum absolute atomic E-state index is 0.163. The van der Waals surface area contributed by atoms with Gasteiger partial charge >= 0.3 is 0 Å².